The van der Waals surface area contributed by atoms with E-state index < -0.39 is 0 Å². The normalized spacial score (nSPS) is 33.6. The minimum Gasteiger partial charge on any atom is -0.373 e. The van der Waals surface area contributed by atoms with Crippen molar-refractivity contribution in [3.63, 3.8) is 0 Å². The van der Waals surface area contributed by atoms with Crippen molar-refractivity contribution in [2.45, 2.75) is 56.4 Å². The van der Waals surface area contributed by atoms with Gasteiger partial charge in [-0.15, -0.1) is 0 Å². The molecular formula is C16H19Cl2NO. The lowest BCUT2D eigenvalue weighted by atomic mass is 9.93. The second-order valence-corrected chi connectivity index (χ2v) is 7.19. The van der Waals surface area contributed by atoms with Crippen LogP contribution in [0.5, 0.6) is 0 Å². The molecule has 3 aliphatic rings. The Bertz CT molecular complexity index is 517. The van der Waals surface area contributed by atoms with Gasteiger partial charge in [-0.2, -0.15) is 0 Å². The third kappa shape index (κ3) is 2.48. The van der Waals surface area contributed by atoms with Gasteiger partial charge in [0.05, 0.1) is 22.3 Å². The Hall–Kier alpha value is -0.280. The average Bonchev–Trinajstić information content (AvgIpc) is 3.07. The number of ether oxygens (including phenoxy) is 1. The van der Waals surface area contributed by atoms with E-state index >= 15 is 0 Å². The molecule has 3 fully saturated rings. The van der Waals surface area contributed by atoms with Crippen LogP contribution in [0.1, 0.15) is 43.7 Å². The fraction of sp³-hybridized carbons (Fsp3) is 0.625. The van der Waals surface area contributed by atoms with Gasteiger partial charge in [-0.1, -0.05) is 29.3 Å². The molecule has 1 N–H and O–H groups in total. The molecule has 2 aliphatic heterocycles. The van der Waals surface area contributed by atoms with Crippen LogP contribution < -0.4 is 5.32 Å². The van der Waals surface area contributed by atoms with E-state index in [4.69, 9.17) is 27.9 Å². The van der Waals surface area contributed by atoms with Crippen molar-refractivity contribution < 1.29 is 4.74 Å². The van der Waals surface area contributed by atoms with Crippen LogP contribution in [0.2, 0.25) is 10.0 Å². The van der Waals surface area contributed by atoms with Crippen molar-refractivity contribution in [1.82, 2.24) is 5.32 Å². The van der Waals surface area contributed by atoms with E-state index in [0.29, 0.717) is 34.3 Å². The predicted molar refractivity (Wildman–Crippen MR) is 81.4 cm³/mol. The van der Waals surface area contributed by atoms with Crippen molar-refractivity contribution in [2.24, 2.45) is 5.92 Å². The fourth-order valence-electron chi connectivity index (χ4n) is 3.68. The summed E-state index contributed by atoms with van der Waals surface area (Å²) in [5.41, 5.74) is 1.27. The minimum atomic E-state index is 0.401. The van der Waals surface area contributed by atoms with E-state index in [0.717, 1.165) is 12.3 Å². The zero-order chi connectivity index (χ0) is 13.7. The van der Waals surface area contributed by atoms with Gasteiger partial charge >= 0.3 is 0 Å². The SMILES string of the molecule is Clc1ccc([C@H](N[C@@H]2C[C@H]3CC[C@H]2O3)C2CC2)cc1Cl. The van der Waals surface area contributed by atoms with Gasteiger partial charge in [-0.25, -0.2) is 0 Å². The standard InChI is InChI=1S/C16H19Cl2NO/c17-12-5-3-10(7-13(12)18)16(9-1-2-9)19-14-8-11-4-6-15(14)20-11/h3,5,7,9,11,14-16,19H,1-2,4,6,8H2/t11-,14-,15-,16-/m1/s1. The molecule has 2 heterocycles. The maximum absolute atomic E-state index is 6.18. The van der Waals surface area contributed by atoms with E-state index in [2.05, 4.69) is 11.4 Å². The molecule has 0 amide bonds. The highest BCUT2D eigenvalue weighted by molar-refractivity contribution is 6.42. The van der Waals surface area contributed by atoms with Gasteiger partial charge in [0.25, 0.3) is 0 Å². The Kier molecular flexibility index (Phi) is 3.46. The largest absolute Gasteiger partial charge is 0.373 e. The first-order valence-corrected chi connectivity index (χ1v) is 8.33. The highest BCUT2D eigenvalue weighted by atomic mass is 35.5. The molecule has 1 saturated carbocycles. The molecule has 4 atom stereocenters. The maximum atomic E-state index is 6.18. The number of benzene rings is 1. The number of nitrogens with one attached hydrogen (secondary N) is 1. The summed E-state index contributed by atoms with van der Waals surface area (Å²) in [6.07, 6.45) is 7.13. The number of hydrogen-bond donors (Lipinski definition) is 1. The van der Waals surface area contributed by atoms with Gasteiger partial charge in [0.2, 0.25) is 0 Å². The van der Waals surface area contributed by atoms with Crippen molar-refractivity contribution in [3.05, 3.63) is 33.8 Å². The maximum Gasteiger partial charge on any atom is 0.0733 e. The van der Waals surface area contributed by atoms with Crippen LogP contribution in [0.3, 0.4) is 0 Å². The Balaban J connectivity index is 1.53. The van der Waals surface area contributed by atoms with Gasteiger partial charge in [-0.3, -0.25) is 0 Å². The quantitative estimate of drug-likeness (QED) is 0.892. The third-order valence-electron chi connectivity index (χ3n) is 4.90. The van der Waals surface area contributed by atoms with Crippen LogP contribution in [0.15, 0.2) is 18.2 Å². The van der Waals surface area contributed by atoms with Gasteiger partial charge in [0.15, 0.2) is 0 Å². The molecule has 0 aromatic heterocycles. The molecule has 4 rings (SSSR count). The molecule has 1 aliphatic carbocycles. The lowest BCUT2D eigenvalue weighted by Gasteiger charge is -2.27. The van der Waals surface area contributed by atoms with E-state index in [1.807, 2.05) is 12.1 Å². The summed E-state index contributed by atoms with van der Waals surface area (Å²) in [6.45, 7) is 0. The van der Waals surface area contributed by atoms with Crippen LogP contribution in [0.25, 0.3) is 0 Å². The fourth-order valence-corrected chi connectivity index (χ4v) is 3.99. The van der Waals surface area contributed by atoms with Crippen LogP contribution in [-0.4, -0.2) is 18.2 Å². The summed E-state index contributed by atoms with van der Waals surface area (Å²) in [4.78, 5) is 0. The molecule has 0 unspecified atom stereocenters. The Morgan fingerprint density at radius 3 is 2.55 bits per heavy atom. The molecule has 108 valence electrons. The number of fused-ring (bicyclic) bond motifs is 2. The topological polar surface area (TPSA) is 21.3 Å². The summed E-state index contributed by atoms with van der Waals surface area (Å²) < 4.78 is 5.95. The molecule has 20 heavy (non-hydrogen) atoms. The van der Waals surface area contributed by atoms with Crippen LogP contribution in [0, 0.1) is 5.92 Å². The first-order chi connectivity index (χ1) is 9.70. The van der Waals surface area contributed by atoms with Crippen molar-refractivity contribution in [1.29, 1.82) is 0 Å². The van der Waals surface area contributed by atoms with E-state index in [-0.39, 0.29) is 0 Å². The van der Waals surface area contributed by atoms with Crippen molar-refractivity contribution in [2.75, 3.05) is 0 Å². The second-order valence-electron chi connectivity index (χ2n) is 6.37. The minimum absolute atomic E-state index is 0.401. The van der Waals surface area contributed by atoms with Crippen LogP contribution >= 0.6 is 23.2 Å². The lowest BCUT2D eigenvalue weighted by molar-refractivity contribution is 0.0955. The van der Waals surface area contributed by atoms with E-state index in [9.17, 15) is 0 Å². The molecule has 1 aromatic rings. The number of halogens is 2. The molecule has 2 saturated heterocycles. The average molecular weight is 312 g/mol. The molecular weight excluding hydrogens is 293 g/mol. The monoisotopic (exact) mass is 311 g/mol. The highest BCUT2D eigenvalue weighted by Crippen LogP contribution is 2.44. The highest BCUT2D eigenvalue weighted by Gasteiger charge is 2.43. The summed E-state index contributed by atoms with van der Waals surface area (Å²) in [6, 6.07) is 6.95. The summed E-state index contributed by atoms with van der Waals surface area (Å²) >= 11 is 12.2. The van der Waals surface area contributed by atoms with E-state index in [1.165, 1.54) is 31.2 Å². The Morgan fingerprint density at radius 1 is 1.10 bits per heavy atom. The first kappa shape index (κ1) is 13.4. The lowest BCUT2D eigenvalue weighted by Crippen LogP contribution is -2.40. The second kappa shape index (κ2) is 5.17. The smallest absolute Gasteiger partial charge is 0.0733 e. The summed E-state index contributed by atoms with van der Waals surface area (Å²) in [5, 5.41) is 5.13. The van der Waals surface area contributed by atoms with Gasteiger partial charge in [-0.05, 0) is 55.7 Å². The molecule has 0 radical (unpaired) electrons. The Morgan fingerprint density at radius 2 is 1.95 bits per heavy atom. The first-order valence-electron chi connectivity index (χ1n) is 7.57. The van der Waals surface area contributed by atoms with Crippen LogP contribution in [0.4, 0.5) is 0 Å². The van der Waals surface area contributed by atoms with Gasteiger partial charge in [0.1, 0.15) is 0 Å². The molecule has 1 aromatic carbocycles. The number of rotatable bonds is 4. The predicted octanol–water partition coefficient (Wildman–Crippen LogP) is 4.35. The van der Waals surface area contributed by atoms with Crippen LogP contribution in [-0.2, 0) is 4.74 Å². The number of hydrogen-bond acceptors (Lipinski definition) is 2. The van der Waals surface area contributed by atoms with Crippen molar-refractivity contribution in [3.8, 4) is 0 Å². The van der Waals surface area contributed by atoms with Gasteiger partial charge < -0.3 is 10.1 Å². The Labute approximate surface area is 129 Å². The molecule has 2 nitrogen and oxygen atoms in total. The zero-order valence-corrected chi connectivity index (χ0v) is 12.8. The third-order valence-corrected chi connectivity index (χ3v) is 5.63. The summed E-state index contributed by atoms with van der Waals surface area (Å²) in [7, 11) is 0. The van der Waals surface area contributed by atoms with Crippen molar-refractivity contribution >= 4 is 23.2 Å². The zero-order valence-electron chi connectivity index (χ0n) is 11.3. The molecule has 2 bridgehead atoms. The summed E-state index contributed by atoms with van der Waals surface area (Å²) in [5.74, 6) is 0.742. The molecule has 0 spiro atoms. The van der Waals surface area contributed by atoms with Gasteiger partial charge in [0, 0.05) is 12.1 Å². The van der Waals surface area contributed by atoms with E-state index in [1.54, 1.807) is 0 Å². The molecule has 4 heteroatoms.